The number of nitrogens with zero attached hydrogens (tertiary/aromatic N) is 4. The molecular formula is C18H27N5O4S. The van der Waals surface area contributed by atoms with Crippen LogP contribution >= 0.6 is 0 Å². The van der Waals surface area contributed by atoms with Crippen LogP contribution in [0.25, 0.3) is 11.0 Å². The summed E-state index contributed by atoms with van der Waals surface area (Å²) in [7, 11) is -3.16. The van der Waals surface area contributed by atoms with Gasteiger partial charge in [-0.3, -0.25) is 9.36 Å². The van der Waals surface area contributed by atoms with Crippen LogP contribution < -0.4 is 10.9 Å². The highest BCUT2D eigenvalue weighted by Crippen LogP contribution is 2.20. The largest absolute Gasteiger partial charge is 0.396 e. The molecule has 28 heavy (non-hydrogen) atoms. The van der Waals surface area contributed by atoms with Crippen LogP contribution in [0.5, 0.6) is 0 Å². The fraction of sp³-hybridized carbons (Fsp3) is 0.611. The predicted octanol–water partition coefficient (Wildman–Crippen LogP) is 0.743. The number of sulfonamides is 1. The van der Waals surface area contributed by atoms with Gasteiger partial charge in [0, 0.05) is 55.3 Å². The SMILES string of the molecule is CC(C)n1c(=O)c(CCO)cc2cnc(NC3CCN(S(C)(=O)=O)CC3)nc21. The van der Waals surface area contributed by atoms with Gasteiger partial charge in [0.15, 0.2) is 0 Å². The molecule has 0 radical (unpaired) electrons. The molecule has 0 saturated carbocycles. The van der Waals surface area contributed by atoms with E-state index >= 15 is 0 Å². The zero-order valence-corrected chi connectivity index (χ0v) is 17.2. The van der Waals surface area contributed by atoms with Gasteiger partial charge < -0.3 is 10.4 Å². The van der Waals surface area contributed by atoms with Crippen molar-refractivity contribution < 1.29 is 13.5 Å². The second-order valence-electron chi connectivity index (χ2n) is 7.47. The molecule has 2 aromatic heterocycles. The summed E-state index contributed by atoms with van der Waals surface area (Å²) in [5.74, 6) is 0.425. The van der Waals surface area contributed by atoms with E-state index in [1.807, 2.05) is 13.8 Å². The fourth-order valence-electron chi connectivity index (χ4n) is 3.54. The Labute approximate surface area is 164 Å². The van der Waals surface area contributed by atoms with Crippen LogP contribution in [-0.2, 0) is 16.4 Å². The van der Waals surface area contributed by atoms with Gasteiger partial charge in [0.25, 0.3) is 5.56 Å². The smallest absolute Gasteiger partial charge is 0.255 e. The molecule has 0 aromatic carbocycles. The molecule has 2 N–H and O–H groups in total. The normalized spacial score (nSPS) is 16.8. The van der Waals surface area contributed by atoms with Crippen molar-refractivity contribution in [2.75, 3.05) is 31.3 Å². The Hall–Kier alpha value is -2.04. The van der Waals surface area contributed by atoms with Gasteiger partial charge >= 0.3 is 0 Å². The van der Waals surface area contributed by atoms with Crippen LogP contribution in [-0.4, -0.2) is 64.4 Å². The zero-order valence-electron chi connectivity index (χ0n) is 16.4. The van der Waals surface area contributed by atoms with Gasteiger partial charge in [-0.15, -0.1) is 0 Å². The molecule has 1 saturated heterocycles. The highest BCUT2D eigenvalue weighted by atomic mass is 32.2. The van der Waals surface area contributed by atoms with E-state index in [1.165, 1.54) is 10.6 Å². The number of aromatic nitrogens is 3. The lowest BCUT2D eigenvalue weighted by molar-refractivity contribution is 0.299. The summed E-state index contributed by atoms with van der Waals surface area (Å²) >= 11 is 0. The first-order chi connectivity index (χ1) is 13.2. The van der Waals surface area contributed by atoms with Crippen molar-refractivity contribution in [3.05, 3.63) is 28.2 Å². The Bertz CT molecular complexity index is 1010. The van der Waals surface area contributed by atoms with E-state index < -0.39 is 10.0 Å². The number of nitrogens with one attached hydrogen (secondary N) is 1. The van der Waals surface area contributed by atoms with Gasteiger partial charge in [0.2, 0.25) is 16.0 Å². The summed E-state index contributed by atoms with van der Waals surface area (Å²) in [4.78, 5) is 21.7. The van der Waals surface area contributed by atoms with Crippen LogP contribution in [0, 0.1) is 0 Å². The summed E-state index contributed by atoms with van der Waals surface area (Å²) in [6, 6.07) is 1.72. The Morgan fingerprint density at radius 3 is 2.57 bits per heavy atom. The number of piperidine rings is 1. The molecule has 3 heterocycles. The second-order valence-corrected chi connectivity index (χ2v) is 9.45. The molecule has 0 spiro atoms. The van der Waals surface area contributed by atoms with Crippen molar-refractivity contribution in [3.8, 4) is 0 Å². The van der Waals surface area contributed by atoms with E-state index in [4.69, 9.17) is 0 Å². The molecule has 154 valence electrons. The van der Waals surface area contributed by atoms with Crippen LogP contribution in [0.4, 0.5) is 5.95 Å². The van der Waals surface area contributed by atoms with Gasteiger partial charge in [-0.25, -0.2) is 17.7 Å². The van der Waals surface area contributed by atoms with E-state index in [0.717, 1.165) is 5.39 Å². The molecular weight excluding hydrogens is 382 g/mol. The number of anilines is 1. The number of aliphatic hydroxyl groups excluding tert-OH is 1. The molecule has 0 aliphatic carbocycles. The van der Waals surface area contributed by atoms with Crippen LogP contribution in [0.3, 0.4) is 0 Å². The average molecular weight is 410 g/mol. The van der Waals surface area contributed by atoms with E-state index in [-0.39, 0.29) is 24.2 Å². The topological polar surface area (TPSA) is 117 Å². The zero-order chi connectivity index (χ0) is 20.5. The van der Waals surface area contributed by atoms with E-state index in [9.17, 15) is 18.3 Å². The Balaban J connectivity index is 1.87. The minimum atomic E-state index is -3.16. The molecule has 0 bridgehead atoms. The van der Waals surface area contributed by atoms with Gasteiger partial charge in [-0.05, 0) is 32.8 Å². The van der Waals surface area contributed by atoms with Gasteiger partial charge in [-0.2, -0.15) is 4.98 Å². The number of hydrogen-bond donors (Lipinski definition) is 2. The average Bonchev–Trinajstić information content (AvgIpc) is 2.62. The second kappa shape index (κ2) is 8.14. The molecule has 0 atom stereocenters. The molecule has 0 amide bonds. The first kappa shape index (κ1) is 20.7. The first-order valence-corrected chi connectivity index (χ1v) is 11.3. The Morgan fingerprint density at radius 1 is 1.32 bits per heavy atom. The predicted molar refractivity (Wildman–Crippen MR) is 108 cm³/mol. The van der Waals surface area contributed by atoms with E-state index in [1.54, 1.807) is 16.8 Å². The summed E-state index contributed by atoms with van der Waals surface area (Å²) in [5, 5.41) is 13.2. The maximum atomic E-state index is 12.8. The first-order valence-electron chi connectivity index (χ1n) is 9.44. The Kier molecular flexibility index (Phi) is 6.01. The monoisotopic (exact) mass is 409 g/mol. The lowest BCUT2D eigenvalue weighted by Gasteiger charge is -2.30. The molecule has 1 aliphatic heterocycles. The number of pyridine rings is 1. The lowest BCUT2D eigenvalue weighted by Crippen LogP contribution is -2.42. The van der Waals surface area contributed by atoms with Crippen molar-refractivity contribution in [3.63, 3.8) is 0 Å². The highest BCUT2D eigenvalue weighted by molar-refractivity contribution is 7.88. The van der Waals surface area contributed by atoms with Crippen molar-refractivity contribution in [1.29, 1.82) is 0 Å². The van der Waals surface area contributed by atoms with Crippen LogP contribution in [0.15, 0.2) is 17.1 Å². The molecule has 9 nitrogen and oxygen atoms in total. The van der Waals surface area contributed by atoms with Crippen molar-refractivity contribution >= 4 is 27.0 Å². The summed E-state index contributed by atoms with van der Waals surface area (Å²) in [6.45, 7) is 4.67. The quantitative estimate of drug-likeness (QED) is 0.723. The van der Waals surface area contributed by atoms with Gasteiger partial charge in [-0.1, -0.05) is 0 Å². The van der Waals surface area contributed by atoms with Crippen molar-refractivity contribution in [1.82, 2.24) is 18.8 Å². The van der Waals surface area contributed by atoms with Crippen LogP contribution in [0.2, 0.25) is 0 Å². The van der Waals surface area contributed by atoms with Crippen LogP contribution in [0.1, 0.15) is 38.3 Å². The van der Waals surface area contributed by atoms with Crippen molar-refractivity contribution in [2.24, 2.45) is 0 Å². The standard InChI is InChI=1S/C18H27N5O4S/c1-12(2)23-16-14(10-13(6-9-24)17(23)25)11-19-18(21-16)20-15-4-7-22(8-5-15)28(3,26)27/h10-12,15,24H,4-9H2,1-3H3,(H,19,20,21). The highest BCUT2D eigenvalue weighted by Gasteiger charge is 2.25. The molecule has 2 aromatic rings. The number of fused-ring (bicyclic) bond motifs is 1. The summed E-state index contributed by atoms with van der Waals surface area (Å²) < 4.78 is 26.4. The number of hydrogen-bond acceptors (Lipinski definition) is 7. The maximum Gasteiger partial charge on any atom is 0.255 e. The van der Waals surface area contributed by atoms with E-state index in [0.29, 0.717) is 49.5 Å². The molecule has 1 aliphatic rings. The minimum Gasteiger partial charge on any atom is -0.396 e. The molecule has 1 fully saturated rings. The fourth-order valence-corrected chi connectivity index (χ4v) is 4.41. The molecule has 10 heteroatoms. The Morgan fingerprint density at radius 2 is 2.00 bits per heavy atom. The van der Waals surface area contributed by atoms with Gasteiger partial charge in [0.1, 0.15) is 5.65 Å². The molecule has 0 unspecified atom stereocenters. The summed E-state index contributed by atoms with van der Waals surface area (Å²) in [5.41, 5.74) is 0.941. The van der Waals surface area contributed by atoms with Gasteiger partial charge in [0.05, 0.1) is 6.26 Å². The lowest BCUT2D eigenvalue weighted by atomic mass is 10.1. The minimum absolute atomic E-state index is 0.0725. The summed E-state index contributed by atoms with van der Waals surface area (Å²) in [6.07, 6.45) is 4.53. The van der Waals surface area contributed by atoms with Crippen molar-refractivity contribution in [2.45, 2.75) is 45.2 Å². The third-order valence-electron chi connectivity index (χ3n) is 5.00. The van der Waals surface area contributed by atoms with E-state index in [2.05, 4.69) is 15.3 Å². The molecule has 3 rings (SSSR count). The third kappa shape index (κ3) is 4.34. The third-order valence-corrected chi connectivity index (χ3v) is 6.30. The maximum absolute atomic E-state index is 12.8. The number of rotatable bonds is 6. The number of aliphatic hydroxyl groups is 1.